The molecule has 132 valence electrons. The van der Waals surface area contributed by atoms with Gasteiger partial charge in [-0.25, -0.2) is 9.36 Å². The highest BCUT2D eigenvalue weighted by Gasteiger charge is 2.02. The molecule has 0 aliphatic heterocycles. The van der Waals surface area contributed by atoms with Crippen LogP contribution in [0.1, 0.15) is 25.7 Å². The van der Waals surface area contributed by atoms with Crippen LogP contribution in [0.15, 0.2) is 60.7 Å². The molecule has 0 atom stereocenters. The average Bonchev–Trinajstić information content (AvgIpc) is 3.28. The van der Waals surface area contributed by atoms with Crippen molar-refractivity contribution in [3.63, 3.8) is 0 Å². The van der Waals surface area contributed by atoms with E-state index in [1.54, 1.807) is 0 Å². The summed E-state index contributed by atoms with van der Waals surface area (Å²) in [4.78, 5) is 0. The fourth-order valence-corrected chi connectivity index (χ4v) is 3.12. The van der Waals surface area contributed by atoms with Gasteiger partial charge in [-0.2, -0.15) is 0 Å². The Morgan fingerprint density at radius 2 is 1.12 bits per heavy atom. The van der Waals surface area contributed by atoms with Crippen LogP contribution < -0.4 is 0 Å². The molecule has 0 saturated heterocycles. The fourth-order valence-electron chi connectivity index (χ4n) is 3.12. The van der Waals surface area contributed by atoms with Gasteiger partial charge in [0.1, 0.15) is 11.0 Å². The molecule has 26 heavy (non-hydrogen) atoms. The highest BCUT2D eigenvalue weighted by molar-refractivity contribution is 5.74. The van der Waals surface area contributed by atoms with E-state index in [9.17, 15) is 0 Å². The second-order valence-corrected chi connectivity index (χ2v) is 6.36. The van der Waals surface area contributed by atoms with Crippen molar-refractivity contribution in [2.24, 2.45) is 0 Å². The van der Waals surface area contributed by atoms with Crippen molar-refractivity contribution in [2.45, 2.75) is 38.8 Å². The van der Waals surface area contributed by atoms with Gasteiger partial charge in [0.25, 0.3) is 0 Å². The van der Waals surface area contributed by atoms with Crippen LogP contribution in [0.2, 0.25) is 0 Å². The van der Waals surface area contributed by atoms with Gasteiger partial charge in [0.05, 0.1) is 11.0 Å². The first-order chi connectivity index (χ1) is 12.9. The molecule has 6 heteroatoms. The highest BCUT2D eigenvalue weighted by atomic mass is 15.4. The number of allylic oxidation sites excluding steroid dienone is 2. The third-order valence-electron chi connectivity index (χ3n) is 4.49. The summed E-state index contributed by atoms with van der Waals surface area (Å²) in [5, 5.41) is 16.8. The molecule has 2 aromatic carbocycles. The van der Waals surface area contributed by atoms with Crippen molar-refractivity contribution in [3.8, 4) is 0 Å². The smallest absolute Gasteiger partial charge is 0.113 e. The molecule has 0 unspecified atom stereocenters. The summed E-state index contributed by atoms with van der Waals surface area (Å²) in [6, 6.07) is 16.2. The molecule has 0 aliphatic rings. The van der Waals surface area contributed by atoms with Crippen LogP contribution in [0.5, 0.6) is 0 Å². The molecule has 0 spiro atoms. The number of benzene rings is 2. The van der Waals surface area contributed by atoms with Crippen LogP contribution in [-0.4, -0.2) is 30.0 Å². The number of fused-ring (bicyclic) bond motifs is 2. The molecule has 0 bridgehead atoms. The van der Waals surface area contributed by atoms with Crippen molar-refractivity contribution in [2.75, 3.05) is 0 Å². The van der Waals surface area contributed by atoms with Gasteiger partial charge >= 0.3 is 0 Å². The normalized spacial score (nSPS) is 11.8. The first-order valence-electron chi connectivity index (χ1n) is 9.13. The van der Waals surface area contributed by atoms with E-state index in [4.69, 9.17) is 0 Å². The summed E-state index contributed by atoms with van der Waals surface area (Å²) in [5.74, 6) is 0. The molecule has 0 fully saturated rings. The van der Waals surface area contributed by atoms with E-state index in [2.05, 4.69) is 44.9 Å². The fraction of sp³-hybridized carbons (Fsp3) is 0.300. The van der Waals surface area contributed by atoms with Crippen molar-refractivity contribution >= 4 is 22.1 Å². The van der Waals surface area contributed by atoms with Gasteiger partial charge in [0.15, 0.2) is 0 Å². The van der Waals surface area contributed by atoms with Crippen LogP contribution in [0.25, 0.3) is 22.1 Å². The first kappa shape index (κ1) is 16.4. The number of para-hydroxylation sites is 2. The summed E-state index contributed by atoms with van der Waals surface area (Å²) in [7, 11) is 0. The molecule has 0 amide bonds. The van der Waals surface area contributed by atoms with E-state index in [1.807, 2.05) is 45.8 Å². The lowest BCUT2D eigenvalue weighted by molar-refractivity contribution is 0.573. The van der Waals surface area contributed by atoms with Crippen molar-refractivity contribution in [1.82, 2.24) is 30.0 Å². The molecular weight excluding hydrogens is 324 g/mol. The van der Waals surface area contributed by atoms with Crippen LogP contribution in [0.4, 0.5) is 0 Å². The minimum atomic E-state index is 0.899. The Morgan fingerprint density at radius 1 is 0.654 bits per heavy atom. The van der Waals surface area contributed by atoms with Crippen LogP contribution in [-0.2, 0) is 13.1 Å². The van der Waals surface area contributed by atoms with Gasteiger partial charge in [0, 0.05) is 13.1 Å². The summed E-state index contributed by atoms with van der Waals surface area (Å²) in [5.41, 5.74) is 4.14. The molecule has 0 N–H and O–H groups in total. The molecule has 0 saturated carbocycles. The molecule has 6 nitrogen and oxygen atoms in total. The minimum absolute atomic E-state index is 0.899. The number of aryl methyl sites for hydroxylation is 2. The Balaban J connectivity index is 1.18. The topological polar surface area (TPSA) is 61.4 Å². The zero-order chi connectivity index (χ0) is 17.6. The maximum atomic E-state index is 4.22. The van der Waals surface area contributed by atoms with Crippen LogP contribution >= 0.6 is 0 Å². The molecule has 0 radical (unpaired) electrons. The first-order valence-corrected chi connectivity index (χ1v) is 9.13. The van der Waals surface area contributed by atoms with Crippen molar-refractivity contribution < 1.29 is 0 Å². The van der Waals surface area contributed by atoms with E-state index in [-0.39, 0.29) is 0 Å². The average molecular weight is 346 g/mol. The zero-order valence-electron chi connectivity index (χ0n) is 14.7. The molecule has 2 aromatic heterocycles. The predicted octanol–water partition coefficient (Wildman–Crippen LogP) is 3.99. The third kappa shape index (κ3) is 3.64. The van der Waals surface area contributed by atoms with E-state index >= 15 is 0 Å². The van der Waals surface area contributed by atoms with Gasteiger partial charge in [-0.15, -0.1) is 10.2 Å². The van der Waals surface area contributed by atoms with Gasteiger partial charge in [-0.05, 0) is 49.9 Å². The maximum absolute atomic E-state index is 4.22. The number of unbranched alkanes of at least 4 members (excludes halogenated alkanes) is 2. The van der Waals surface area contributed by atoms with Gasteiger partial charge in [-0.3, -0.25) is 0 Å². The van der Waals surface area contributed by atoms with E-state index in [1.165, 1.54) is 0 Å². The van der Waals surface area contributed by atoms with E-state index in [0.29, 0.717) is 0 Å². The van der Waals surface area contributed by atoms with Crippen LogP contribution in [0, 0.1) is 0 Å². The van der Waals surface area contributed by atoms with Gasteiger partial charge < -0.3 is 0 Å². The number of hydrogen-bond donors (Lipinski definition) is 0. The zero-order valence-corrected chi connectivity index (χ0v) is 14.7. The summed E-state index contributed by atoms with van der Waals surface area (Å²) < 4.78 is 3.97. The van der Waals surface area contributed by atoms with E-state index < -0.39 is 0 Å². The lowest BCUT2D eigenvalue weighted by Crippen LogP contribution is -2.00. The lowest BCUT2D eigenvalue weighted by Gasteiger charge is -2.01. The van der Waals surface area contributed by atoms with Gasteiger partial charge in [0.2, 0.25) is 0 Å². The second kappa shape index (κ2) is 7.91. The monoisotopic (exact) mass is 346 g/mol. The summed E-state index contributed by atoms with van der Waals surface area (Å²) in [6.45, 7) is 1.80. The highest BCUT2D eigenvalue weighted by Crippen LogP contribution is 2.12. The largest absolute Gasteiger partial charge is 0.245 e. The van der Waals surface area contributed by atoms with Crippen molar-refractivity contribution in [3.05, 3.63) is 60.7 Å². The number of aromatic nitrogens is 6. The number of nitrogens with zero attached hydrogens (tertiary/aromatic N) is 6. The Labute approximate surface area is 152 Å². The summed E-state index contributed by atoms with van der Waals surface area (Å²) >= 11 is 0. The lowest BCUT2D eigenvalue weighted by atomic mass is 10.2. The molecule has 4 rings (SSSR count). The minimum Gasteiger partial charge on any atom is -0.245 e. The summed E-state index contributed by atoms with van der Waals surface area (Å²) in [6.07, 6.45) is 8.77. The Bertz CT molecular complexity index is 931. The Kier molecular flexibility index (Phi) is 5.00. The molecule has 4 aromatic rings. The maximum Gasteiger partial charge on any atom is 0.113 e. The molecule has 0 aliphatic carbocycles. The quantitative estimate of drug-likeness (QED) is 0.357. The SMILES string of the molecule is C(=CCCCn1nnc2ccccc21)CCCn1nnc2ccccc21. The van der Waals surface area contributed by atoms with Crippen LogP contribution in [0.3, 0.4) is 0 Å². The van der Waals surface area contributed by atoms with Crippen molar-refractivity contribution in [1.29, 1.82) is 0 Å². The van der Waals surface area contributed by atoms with E-state index in [0.717, 1.165) is 60.8 Å². The third-order valence-corrected chi connectivity index (χ3v) is 4.49. The second-order valence-electron chi connectivity index (χ2n) is 6.36. The molecular formula is C20H22N6. The Hall–Kier alpha value is -3.02. The number of hydrogen-bond acceptors (Lipinski definition) is 4. The Morgan fingerprint density at radius 3 is 1.62 bits per heavy atom. The predicted molar refractivity (Wildman–Crippen MR) is 103 cm³/mol. The number of rotatable bonds is 8. The standard InChI is InChI=1S/C20H22N6/c1(3-9-15-25-19-13-7-5-11-17(19)21-23-25)2-4-10-16-26-20-14-8-6-12-18(20)22-24-26/h1-2,5-8,11-14H,3-4,9-10,15-16H2. The molecule has 2 heterocycles. The van der Waals surface area contributed by atoms with Gasteiger partial charge in [-0.1, -0.05) is 46.8 Å².